The van der Waals surface area contributed by atoms with E-state index in [1.165, 1.54) is 17.0 Å². The average molecular weight is 461 g/mol. The highest BCUT2D eigenvalue weighted by Crippen LogP contribution is 2.29. The third-order valence-electron chi connectivity index (χ3n) is 5.36. The summed E-state index contributed by atoms with van der Waals surface area (Å²) in [7, 11) is 0. The van der Waals surface area contributed by atoms with Crippen molar-refractivity contribution in [2.45, 2.75) is 20.8 Å². The molecule has 2 N–H and O–H groups in total. The Kier molecular flexibility index (Phi) is 5.69. The highest BCUT2D eigenvalue weighted by molar-refractivity contribution is 7.80. The van der Waals surface area contributed by atoms with Gasteiger partial charge in [-0.2, -0.15) is 0 Å². The van der Waals surface area contributed by atoms with Crippen molar-refractivity contribution >= 4 is 46.9 Å². The van der Waals surface area contributed by atoms with Crippen molar-refractivity contribution < 1.29 is 23.9 Å². The minimum Gasteiger partial charge on any atom is -0.478 e. The molecule has 0 aliphatic carbocycles. The Hall–Kier alpha value is -4.04. The third-order valence-corrected chi connectivity index (χ3v) is 5.64. The van der Waals surface area contributed by atoms with Gasteiger partial charge in [0.25, 0.3) is 11.8 Å². The molecular weight excluding hydrogens is 440 g/mol. The van der Waals surface area contributed by atoms with Gasteiger partial charge in [0.1, 0.15) is 17.1 Å². The molecule has 3 aromatic rings. The van der Waals surface area contributed by atoms with Crippen LogP contribution in [0.2, 0.25) is 0 Å². The Morgan fingerprint density at radius 1 is 1.03 bits per heavy atom. The second-order valence-corrected chi connectivity index (χ2v) is 8.17. The van der Waals surface area contributed by atoms with Gasteiger partial charge >= 0.3 is 5.97 Å². The average Bonchev–Trinajstić information content (AvgIpc) is 3.21. The molecule has 0 spiro atoms. The minimum absolute atomic E-state index is 0.0186. The number of aromatic carboxylic acids is 1. The van der Waals surface area contributed by atoms with E-state index >= 15 is 0 Å². The zero-order valence-corrected chi connectivity index (χ0v) is 18.9. The number of hydrogen-bond donors (Lipinski definition) is 2. The lowest BCUT2D eigenvalue weighted by Crippen LogP contribution is -2.54. The summed E-state index contributed by atoms with van der Waals surface area (Å²) >= 11 is 5.28. The van der Waals surface area contributed by atoms with E-state index in [0.29, 0.717) is 22.8 Å². The SMILES string of the molecule is Cc1ccc(C)c(N2C(=O)/C(=C/c3ccc(-c4ccc(C(=O)O)cc4C)o3)C(=O)NC2=S)c1. The van der Waals surface area contributed by atoms with Gasteiger partial charge in [-0.15, -0.1) is 0 Å². The molecule has 8 heteroatoms. The van der Waals surface area contributed by atoms with Crippen molar-refractivity contribution in [2.24, 2.45) is 0 Å². The van der Waals surface area contributed by atoms with E-state index in [4.69, 9.17) is 21.7 Å². The van der Waals surface area contributed by atoms with Gasteiger partial charge in [-0.25, -0.2) is 4.79 Å². The summed E-state index contributed by atoms with van der Waals surface area (Å²) in [5.74, 6) is -1.37. The van der Waals surface area contributed by atoms with Crippen LogP contribution in [0.25, 0.3) is 17.4 Å². The molecule has 1 aromatic heterocycles. The molecular formula is C25H20N2O5S. The van der Waals surface area contributed by atoms with E-state index in [1.54, 1.807) is 31.2 Å². The van der Waals surface area contributed by atoms with Crippen LogP contribution in [0.3, 0.4) is 0 Å². The van der Waals surface area contributed by atoms with E-state index in [0.717, 1.165) is 16.7 Å². The first-order chi connectivity index (χ1) is 15.7. The number of rotatable bonds is 4. The second kappa shape index (κ2) is 8.48. The number of carboxylic acid groups (broad SMARTS) is 1. The molecule has 0 bridgehead atoms. The maximum absolute atomic E-state index is 13.3. The number of nitrogens with one attached hydrogen (secondary N) is 1. The van der Waals surface area contributed by atoms with Gasteiger partial charge in [0, 0.05) is 5.56 Å². The largest absolute Gasteiger partial charge is 0.478 e. The Labute approximate surface area is 195 Å². The van der Waals surface area contributed by atoms with E-state index in [9.17, 15) is 14.4 Å². The fourth-order valence-electron chi connectivity index (χ4n) is 3.63. The van der Waals surface area contributed by atoms with Gasteiger partial charge in [0.05, 0.1) is 11.3 Å². The molecule has 0 unspecified atom stereocenters. The number of carbonyl (C=O) groups is 3. The molecule has 0 saturated carbocycles. The summed E-state index contributed by atoms with van der Waals surface area (Å²) in [5, 5.41) is 11.7. The molecule has 1 fully saturated rings. The molecule has 0 atom stereocenters. The lowest BCUT2D eigenvalue weighted by Gasteiger charge is -2.30. The molecule has 1 aliphatic heterocycles. The maximum Gasteiger partial charge on any atom is 0.335 e. The second-order valence-electron chi connectivity index (χ2n) is 7.78. The molecule has 1 saturated heterocycles. The van der Waals surface area contributed by atoms with Gasteiger partial charge in [0.15, 0.2) is 5.11 Å². The number of furan rings is 1. The molecule has 4 rings (SSSR count). The van der Waals surface area contributed by atoms with Crippen molar-refractivity contribution in [1.29, 1.82) is 0 Å². The van der Waals surface area contributed by atoms with Crippen LogP contribution in [0.1, 0.15) is 32.8 Å². The molecule has 2 amide bonds. The van der Waals surface area contributed by atoms with Crippen LogP contribution < -0.4 is 10.2 Å². The molecule has 166 valence electrons. The molecule has 2 aromatic carbocycles. The van der Waals surface area contributed by atoms with E-state index in [2.05, 4.69) is 5.32 Å². The van der Waals surface area contributed by atoms with Crippen LogP contribution in [-0.2, 0) is 9.59 Å². The van der Waals surface area contributed by atoms with E-state index in [-0.39, 0.29) is 16.2 Å². The smallest absolute Gasteiger partial charge is 0.335 e. The Morgan fingerprint density at radius 2 is 1.79 bits per heavy atom. The number of carboxylic acids is 1. The minimum atomic E-state index is -1.01. The maximum atomic E-state index is 13.3. The highest BCUT2D eigenvalue weighted by atomic mass is 32.1. The van der Waals surface area contributed by atoms with Crippen LogP contribution in [0, 0.1) is 20.8 Å². The predicted molar refractivity (Wildman–Crippen MR) is 128 cm³/mol. The number of aryl methyl sites for hydroxylation is 3. The number of anilines is 1. The number of benzene rings is 2. The summed E-state index contributed by atoms with van der Waals surface area (Å²) in [6.07, 6.45) is 1.38. The first kappa shape index (κ1) is 22.2. The zero-order valence-electron chi connectivity index (χ0n) is 18.1. The summed E-state index contributed by atoms with van der Waals surface area (Å²) in [4.78, 5) is 38.3. The van der Waals surface area contributed by atoms with Gasteiger partial charge in [-0.3, -0.25) is 19.8 Å². The first-order valence-corrected chi connectivity index (χ1v) is 10.5. The highest BCUT2D eigenvalue weighted by Gasteiger charge is 2.35. The lowest BCUT2D eigenvalue weighted by atomic mass is 10.0. The van der Waals surface area contributed by atoms with Crippen molar-refractivity contribution in [3.63, 3.8) is 0 Å². The third kappa shape index (κ3) is 4.20. The topological polar surface area (TPSA) is 99.8 Å². The summed E-state index contributed by atoms with van der Waals surface area (Å²) in [6, 6.07) is 13.7. The Morgan fingerprint density at radius 3 is 2.48 bits per heavy atom. The van der Waals surface area contributed by atoms with Crippen LogP contribution in [0.4, 0.5) is 5.69 Å². The van der Waals surface area contributed by atoms with Gasteiger partial charge in [0.2, 0.25) is 0 Å². The normalized spacial score (nSPS) is 15.2. The van der Waals surface area contributed by atoms with E-state index in [1.807, 2.05) is 32.0 Å². The van der Waals surface area contributed by atoms with Crippen LogP contribution in [-0.4, -0.2) is 28.0 Å². The number of amides is 2. The number of thiocarbonyl (C=S) groups is 1. The van der Waals surface area contributed by atoms with Crippen LogP contribution in [0.5, 0.6) is 0 Å². The fraction of sp³-hybridized carbons (Fsp3) is 0.120. The Bertz CT molecular complexity index is 1370. The van der Waals surface area contributed by atoms with Crippen molar-refractivity contribution in [3.05, 3.63) is 82.1 Å². The molecule has 7 nitrogen and oxygen atoms in total. The van der Waals surface area contributed by atoms with Crippen molar-refractivity contribution in [2.75, 3.05) is 4.90 Å². The molecule has 2 heterocycles. The van der Waals surface area contributed by atoms with Gasteiger partial charge in [-0.1, -0.05) is 18.2 Å². The summed E-state index contributed by atoms with van der Waals surface area (Å²) < 4.78 is 5.85. The van der Waals surface area contributed by atoms with Crippen molar-refractivity contribution in [3.8, 4) is 11.3 Å². The van der Waals surface area contributed by atoms with Crippen LogP contribution >= 0.6 is 12.2 Å². The van der Waals surface area contributed by atoms with E-state index < -0.39 is 17.8 Å². The summed E-state index contributed by atoms with van der Waals surface area (Å²) in [5.41, 5.74) is 3.90. The van der Waals surface area contributed by atoms with Gasteiger partial charge in [-0.05, 0) is 86.1 Å². The number of carbonyl (C=O) groups excluding carboxylic acids is 2. The number of hydrogen-bond acceptors (Lipinski definition) is 5. The first-order valence-electron chi connectivity index (χ1n) is 10.1. The Balaban J connectivity index is 1.69. The van der Waals surface area contributed by atoms with Crippen LogP contribution in [0.15, 0.2) is 58.5 Å². The zero-order chi connectivity index (χ0) is 23.9. The number of nitrogens with zero attached hydrogens (tertiary/aromatic N) is 1. The summed E-state index contributed by atoms with van der Waals surface area (Å²) in [6.45, 7) is 5.55. The molecule has 0 radical (unpaired) electrons. The standard InChI is InChI=1S/C25H20N2O5S/c1-13-4-5-14(2)20(10-13)27-23(29)19(22(28)26-25(27)33)12-17-7-9-21(32-17)18-8-6-16(24(30)31)11-15(18)3/h4-12H,1-3H3,(H,30,31)(H,26,28,33)/b19-12+. The monoisotopic (exact) mass is 460 g/mol. The van der Waals surface area contributed by atoms with Gasteiger partial charge < -0.3 is 9.52 Å². The van der Waals surface area contributed by atoms with Crippen molar-refractivity contribution in [1.82, 2.24) is 5.32 Å². The fourth-order valence-corrected chi connectivity index (χ4v) is 3.90. The predicted octanol–water partition coefficient (Wildman–Crippen LogP) is 4.40. The molecule has 1 aliphatic rings. The molecule has 33 heavy (non-hydrogen) atoms. The lowest BCUT2D eigenvalue weighted by molar-refractivity contribution is -0.122. The quantitative estimate of drug-likeness (QED) is 0.340.